The molecule has 2 N–H and O–H groups in total. The number of hydrogen-bond acceptors (Lipinski definition) is 6. The Balaban J connectivity index is 1.41. The number of aromatic amines is 1. The smallest absolute Gasteiger partial charge is 0.268 e. The number of carbonyl (C=O) groups is 1. The predicted molar refractivity (Wildman–Crippen MR) is 97.4 cm³/mol. The second-order valence-corrected chi connectivity index (χ2v) is 7.42. The van der Waals surface area contributed by atoms with Crippen LogP contribution < -0.4 is 5.32 Å². The zero-order valence-corrected chi connectivity index (χ0v) is 15.5. The average Bonchev–Trinajstić information content (AvgIpc) is 3.30. The van der Waals surface area contributed by atoms with E-state index in [1.807, 2.05) is 31.4 Å². The molecular weight excluding hydrogens is 354 g/mol. The molecule has 7 nitrogen and oxygen atoms in total. The number of thiophene rings is 1. The summed E-state index contributed by atoms with van der Waals surface area (Å²) in [6.07, 6.45) is 0.505. The highest BCUT2D eigenvalue weighted by molar-refractivity contribution is 7.17. The number of nitrogens with one attached hydrogen (secondary N) is 2. The van der Waals surface area contributed by atoms with Crippen molar-refractivity contribution < 1.29 is 18.8 Å². The van der Waals surface area contributed by atoms with E-state index < -0.39 is 0 Å². The molecule has 138 valence electrons. The number of aryl methyl sites for hydroxylation is 2. The van der Waals surface area contributed by atoms with E-state index >= 15 is 0 Å². The third-order valence-electron chi connectivity index (χ3n) is 4.73. The Kier molecular flexibility index (Phi) is 4.80. The highest BCUT2D eigenvalue weighted by atomic mass is 32.1. The van der Waals surface area contributed by atoms with Crippen molar-refractivity contribution in [3.63, 3.8) is 0 Å². The Bertz CT molecular complexity index is 865. The van der Waals surface area contributed by atoms with Crippen LogP contribution in [0.3, 0.4) is 0 Å². The van der Waals surface area contributed by atoms with Crippen molar-refractivity contribution in [1.82, 2.24) is 15.5 Å². The van der Waals surface area contributed by atoms with Crippen molar-refractivity contribution in [1.29, 1.82) is 0 Å². The lowest BCUT2D eigenvalue weighted by Crippen LogP contribution is -2.50. The van der Waals surface area contributed by atoms with Gasteiger partial charge in [0, 0.05) is 12.2 Å². The van der Waals surface area contributed by atoms with Crippen LogP contribution in [0.25, 0.3) is 10.2 Å². The van der Waals surface area contributed by atoms with Gasteiger partial charge in [0.15, 0.2) is 0 Å². The molecule has 3 aromatic rings. The van der Waals surface area contributed by atoms with Crippen LogP contribution in [-0.4, -0.2) is 41.4 Å². The summed E-state index contributed by atoms with van der Waals surface area (Å²) in [6.45, 7) is 5.21. The molecular formula is C18H21N3O4S. The van der Waals surface area contributed by atoms with Gasteiger partial charge in [-0.15, -0.1) is 11.3 Å². The number of aromatic nitrogens is 2. The average molecular weight is 375 g/mol. The highest BCUT2D eigenvalue weighted by Gasteiger charge is 2.29. The summed E-state index contributed by atoms with van der Waals surface area (Å²) in [5.41, 5.74) is 3.33. The van der Waals surface area contributed by atoms with Crippen LogP contribution in [0.4, 0.5) is 0 Å². The normalized spacial score (nSPS) is 20.5. The molecule has 26 heavy (non-hydrogen) atoms. The molecule has 3 aromatic heterocycles. The van der Waals surface area contributed by atoms with Gasteiger partial charge in [0.05, 0.1) is 35.2 Å². The first-order valence-corrected chi connectivity index (χ1v) is 9.48. The van der Waals surface area contributed by atoms with E-state index in [-0.39, 0.29) is 18.1 Å². The zero-order chi connectivity index (χ0) is 18.1. The molecule has 0 unspecified atom stereocenters. The summed E-state index contributed by atoms with van der Waals surface area (Å²) in [7, 11) is 0. The minimum atomic E-state index is -0.211. The van der Waals surface area contributed by atoms with Crippen molar-refractivity contribution in [3.8, 4) is 0 Å². The molecule has 2 atom stereocenters. The van der Waals surface area contributed by atoms with Gasteiger partial charge in [-0.05, 0) is 37.8 Å². The summed E-state index contributed by atoms with van der Waals surface area (Å²) in [5.74, 6) is 0.637. The van der Waals surface area contributed by atoms with E-state index in [4.69, 9.17) is 14.0 Å². The van der Waals surface area contributed by atoms with Gasteiger partial charge in [-0.3, -0.25) is 4.79 Å². The van der Waals surface area contributed by atoms with E-state index in [9.17, 15) is 4.79 Å². The van der Waals surface area contributed by atoms with E-state index in [2.05, 4.69) is 15.5 Å². The van der Waals surface area contributed by atoms with Crippen molar-refractivity contribution in [2.45, 2.75) is 39.0 Å². The van der Waals surface area contributed by atoms with Crippen LogP contribution >= 0.6 is 11.3 Å². The molecule has 0 bridgehead atoms. The van der Waals surface area contributed by atoms with Gasteiger partial charge >= 0.3 is 0 Å². The van der Waals surface area contributed by atoms with Gasteiger partial charge in [-0.2, -0.15) is 0 Å². The molecule has 4 rings (SSSR count). The van der Waals surface area contributed by atoms with Crippen LogP contribution in [0.2, 0.25) is 0 Å². The lowest BCUT2D eigenvalue weighted by Gasteiger charge is -2.32. The summed E-state index contributed by atoms with van der Waals surface area (Å²) >= 11 is 1.61. The lowest BCUT2D eigenvalue weighted by atomic mass is 10.1. The minimum absolute atomic E-state index is 0.0990. The fourth-order valence-electron chi connectivity index (χ4n) is 3.16. The van der Waals surface area contributed by atoms with Gasteiger partial charge < -0.3 is 24.3 Å². The summed E-state index contributed by atoms with van der Waals surface area (Å²) < 4.78 is 17.8. The largest absolute Gasteiger partial charge is 0.379 e. The molecule has 0 saturated carbocycles. The molecule has 1 fully saturated rings. The number of carbonyl (C=O) groups excluding carboxylic acids is 1. The molecule has 8 heteroatoms. The second-order valence-electron chi connectivity index (χ2n) is 6.48. The maximum atomic E-state index is 12.6. The van der Waals surface area contributed by atoms with Gasteiger partial charge in [0.1, 0.15) is 17.6 Å². The molecule has 1 aliphatic rings. The van der Waals surface area contributed by atoms with Gasteiger partial charge in [0.2, 0.25) is 0 Å². The van der Waals surface area contributed by atoms with Crippen molar-refractivity contribution >= 4 is 27.5 Å². The summed E-state index contributed by atoms with van der Waals surface area (Å²) in [5, 5.41) is 9.03. The number of rotatable bonds is 5. The Morgan fingerprint density at radius 1 is 1.50 bits per heavy atom. The third-order valence-corrected chi connectivity index (χ3v) is 5.59. The van der Waals surface area contributed by atoms with Crippen molar-refractivity contribution in [3.05, 3.63) is 40.2 Å². The number of nitrogens with zero attached hydrogens (tertiary/aromatic N) is 1. The predicted octanol–water partition coefficient (Wildman–Crippen LogP) is 2.94. The maximum absolute atomic E-state index is 12.6. The number of fused-ring (bicyclic) bond motifs is 1. The quantitative estimate of drug-likeness (QED) is 0.716. The Labute approximate surface area is 154 Å². The first-order valence-electron chi connectivity index (χ1n) is 8.60. The molecule has 1 aliphatic heterocycles. The van der Waals surface area contributed by atoms with E-state index in [1.165, 1.54) is 0 Å². The molecule has 0 aromatic carbocycles. The first-order chi connectivity index (χ1) is 12.6. The standard InChI is InChI=1S/C18H21N3O4S/c1-10-12(11(2)25-21-10)8-24-16-9-23-5-3-13(16)20-18(22)15-7-17-14(19-15)4-6-26-17/h4,6-7,13,16,19H,3,5,8-9H2,1-2H3,(H,20,22)/t13-,16-/m1/s1. The Morgan fingerprint density at radius 3 is 3.15 bits per heavy atom. The van der Waals surface area contributed by atoms with Crippen LogP contribution in [0.5, 0.6) is 0 Å². The molecule has 1 amide bonds. The van der Waals surface area contributed by atoms with E-state index in [1.54, 1.807) is 11.3 Å². The molecule has 0 radical (unpaired) electrons. The molecule has 4 heterocycles. The second kappa shape index (κ2) is 7.22. The Hall–Kier alpha value is -2.16. The maximum Gasteiger partial charge on any atom is 0.268 e. The fraction of sp³-hybridized carbons (Fsp3) is 0.444. The SMILES string of the molecule is Cc1noc(C)c1CO[C@@H]1COCC[C@H]1NC(=O)c1cc2sccc2[nH]1. The topological polar surface area (TPSA) is 89.4 Å². The fourth-order valence-corrected chi connectivity index (χ4v) is 3.94. The summed E-state index contributed by atoms with van der Waals surface area (Å²) in [4.78, 5) is 15.8. The lowest BCUT2D eigenvalue weighted by molar-refractivity contribution is -0.0739. The van der Waals surface area contributed by atoms with Crippen molar-refractivity contribution in [2.75, 3.05) is 13.2 Å². The van der Waals surface area contributed by atoms with Crippen LogP contribution in [-0.2, 0) is 16.1 Å². The zero-order valence-electron chi connectivity index (χ0n) is 14.7. The van der Waals surface area contributed by atoms with Gasteiger partial charge in [-0.1, -0.05) is 5.16 Å². The number of H-pyrrole nitrogens is 1. The first kappa shape index (κ1) is 17.3. The van der Waals surface area contributed by atoms with Crippen LogP contribution in [0, 0.1) is 13.8 Å². The minimum Gasteiger partial charge on any atom is -0.379 e. The number of amides is 1. The molecule has 0 spiro atoms. The van der Waals surface area contributed by atoms with Crippen molar-refractivity contribution in [2.24, 2.45) is 0 Å². The van der Waals surface area contributed by atoms with Gasteiger partial charge in [-0.25, -0.2) is 0 Å². The van der Waals surface area contributed by atoms with E-state index in [0.29, 0.717) is 31.9 Å². The highest BCUT2D eigenvalue weighted by Crippen LogP contribution is 2.22. The van der Waals surface area contributed by atoms with E-state index in [0.717, 1.165) is 27.2 Å². The number of ether oxygens (including phenoxy) is 2. The van der Waals surface area contributed by atoms with Gasteiger partial charge in [0.25, 0.3) is 5.91 Å². The Morgan fingerprint density at radius 2 is 2.38 bits per heavy atom. The number of hydrogen-bond donors (Lipinski definition) is 2. The summed E-state index contributed by atoms with van der Waals surface area (Å²) in [6, 6.07) is 3.76. The van der Waals surface area contributed by atoms with Crippen LogP contribution in [0.15, 0.2) is 22.0 Å². The molecule has 0 aliphatic carbocycles. The third kappa shape index (κ3) is 3.40. The van der Waals surface area contributed by atoms with Crippen LogP contribution in [0.1, 0.15) is 33.9 Å². The monoisotopic (exact) mass is 375 g/mol. The molecule has 1 saturated heterocycles.